The molecule has 0 aromatic carbocycles. The van der Waals surface area contributed by atoms with E-state index < -0.39 is 11.4 Å². The largest absolute Gasteiger partial charge is 0.394 e. The van der Waals surface area contributed by atoms with Gasteiger partial charge in [-0.3, -0.25) is 0 Å². The van der Waals surface area contributed by atoms with E-state index in [2.05, 4.69) is 27.2 Å². The molecule has 7 heteroatoms. The van der Waals surface area contributed by atoms with Gasteiger partial charge in [0.05, 0.1) is 23.9 Å². The maximum atomic E-state index is 13.2. The lowest BCUT2D eigenvalue weighted by molar-refractivity contribution is 0.212. The summed E-state index contributed by atoms with van der Waals surface area (Å²) in [7, 11) is 0. The quantitative estimate of drug-likeness (QED) is 0.802. The molecule has 5 nitrogen and oxygen atoms in total. The van der Waals surface area contributed by atoms with Crippen molar-refractivity contribution in [1.82, 2.24) is 15.0 Å². The fraction of sp³-hybridized carbons (Fsp3) is 0.500. The second kappa shape index (κ2) is 6.49. The van der Waals surface area contributed by atoms with E-state index in [1.54, 1.807) is 0 Å². The fourth-order valence-electron chi connectivity index (χ4n) is 2.09. The molecule has 114 valence electrons. The zero-order valence-electron chi connectivity index (χ0n) is 12.0. The van der Waals surface area contributed by atoms with Gasteiger partial charge in [-0.15, -0.1) is 0 Å². The Balaban J connectivity index is 2.41. The van der Waals surface area contributed by atoms with Gasteiger partial charge >= 0.3 is 0 Å². The Bertz CT molecular complexity index is 634. The Morgan fingerprint density at radius 2 is 2.19 bits per heavy atom. The van der Waals surface area contributed by atoms with Gasteiger partial charge in [0.1, 0.15) is 11.3 Å². The molecule has 1 atom stereocenters. The van der Waals surface area contributed by atoms with Gasteiger partial charge in [-0.05, 0) is 24.9 Å². The highest BCUT2D eigenvalue weighted by Crippen LogP contribution is 2.25. The van der Waals surface area contributed by atoms with Crippen LogP contribution in [0.1, 0.15) is 33.1 Å². The van der Waals surface area contributed by atoms with Crippen molar-refractivity contribution in [2.45, 2.75) is 38.6 Å². The Kier molecular flexibility index (Phi) is 4.90. The maximum absolute atomic E-state index is 13.2. The highest BCUT2D eigenvalue weighted by molar-refractivity contribution is 6.28. The van der Waals surface area contributed by atoms with Crippen LogP contribution in [0.4, 0.5) is 10.2 Å². The van der Waals surface area contributed by atoms with Crippen molar-refractivity contribution in [1.29, 1.82) is 0 Å². The van der Waals surface area contributed by atoms with Crippen molar-refractivity contribution < 1.29 is 9.50 Å². The molecule has 0 unspecified atom stereocenters. The second-order valence-electron chi connectivity index (χ2n) is 5.31. The van der Waals surface area contributed by atoms with Crippen molar-refractivity contribution in [2.75, 3.05) is 11.9 Å². The maximum Gasteiger partial charge on any atom is 0.225 e. The fourth-order valence-corrected chi connectivity index (χ4v) is 2.26. The smallest absolute Gasteiger partial charge is 0.225 e. The van der Waals surface area contributed by atoms with Crippen LogP contribution in [0.15, 0.2) is 12.3 Å². The molecule has 2 heterocycles. The number of hydrogen-bond acceptors (Lipinski definition) is 5. The number of aliphatic hydroxyl groups excluding tert-OH is 1. The predicted octanol–water partition coefficient (Wildman–Crippen LogP) is 3.17. The summed E-state index contributed by atoms with van der Waals surface area (Å²) in [6.07, 6.45) is 3.85. The van der Waals surface area contributed by atoms with Gasteiger partial charge < -0.3 is 10.4 Å². The average molecular weight is 313 g/mol. The number of unbranched alkanes of at least 4 members (excludes halogenated alkanes) is 1. The number of halogens is 2. The first-order valence-corrected chi connectivity index (χ1v) is 7.23. The van der Waals surface area contributed by atoms with Crippen LogP contribution in [0.2, 0.25) is 5.28 Å². The molecule has 2 N–H and O–H groups in total. The molecule has 0 fully saturated rings. The van der Waals surface area contributed by atoms with E-state index in [1.165, 1.54) is 6.07 Å². The number of rotatable bonds is 6. The minimum absolute atomic E-state index is 0.00758. The van der Waals surface area contributed by atoms with E-state index in [9.17, 15) is 9.50 Å². The van der Waals surface area contributed by atoms with Crippen LogP contribution in [0.3, 0.4) is 0 Å². The number of nitrogens with zero attached hydrogens (tertiary/aromatic N) is 3. The number of aliphatic hydroxyl groups is 1. The van der Waals surface area contributed by atoms with E-state index in [0.29, 0.717) is 16.9 Å². The first-order chi connectivity index (χ1) is 9.97. The summed E-state index contributed by atoms with van der Waals surface area (Å²) in [6.45, 7) is 3.92. The van der Waals surface area contributed by atoms with Crippen LogP contribution in [0.5, 0.6) is 0 Å². The monoisotopic (exact) mass is 312 g/mol. The van der Waals surface area contributed by atoms with Crippen molar-refractivity contribution in [2.24, 2.45) is 0 Å². The lowest BCUT2D eigenvalue weighted by Gasteiger charge is -2.29. The number of pyridine rings is 1. The zero-order valence-corrected chi connectivity index (χ0v) is 12.8. The van der Waals surface area contributed by atoms with Crippen LogP contribution < -0.4 is 5.32 Å². The van der Waals surface area contributed by atoms with Crippen molar-refractivity contribution >= 4 is 28.5 Å². The number of hydrogen-bond donors (Lipinski definition) is 2. The van der Waals surface area contributed by atoms with Gasteiger partial charge in [-0.2, -0.15) is 4.98 Å². The van der Waals surface area contributed by atoms with E-state index in [1.807, 2.05) is 6.92 Å². The van der Waals surface area contributed by atoms with Crippen LogP contribution in [-0.2, 0) is 0 Å². The summed E-state index contributed by atoms with van der Waals surface area (Å²) in [5.41, 5.74) is 0.210. The van der Waals surface area contributed by atoms with E-state index >= 15 is 0 Å². The molecule has 0 bridgehead atoms. The lowest BCUT2D eigenvalue weighted by atomic mass is 9.96. The summed E-state index contributed by atoms with van der Waals surface area (Å²) in [5, 5.41) is 12.8. The predicted molar refractivity (Wildman–Crippen MR) is 80.9 cm³/mol. The van der Waals surface area contributed by atoms with Crippen molar-refractivity contribution in [3.8, 4) is 0 Å². The average Bonchev–Trinajstić information content (AvgIpc) is 2.44. The Morgan fingerprint density at radius 3 is 2.86 bits per heavy atom. The summed E-state index contributed by atoms with van der Waals surface area (Å²) in [4.78, 5) is 12.1. The topological polar surface area (TPSA) is 70.9 Å². The van der Waals surface area contributed by atoms with Gasteiger partial charge in [0, 0.05) is 6.07 Å². The van der Waals surface area contributed by atoms with Crippen molar-refractivity contribution in [3.05, 3.63) is 23.4 Å². The summed E-state index contributed by atoms with van der Waals surface area (Å²) < 4.78 is 13.2. The normalized spacial score (nSPS) is 14.1. The highest BCUT2D eigenvalue weighted by atomic mass is 35.5. The second-order valence-corrected chi connectivity index (χ2v) is 5.65. The van der Waals surface area contributed by atoms with Crippen molar-refractivity contribution in [3.63, 3.8) is 0 Å². The molecule has 2 aromatic rings. The molecule has 21 heavy (non-hydrogen) atoms. The first kappa shape index (κ1) is 15.9. The molecular formula is C14H18ClFN4O. The summed E-state index contributed by atoms with van der Waals surface area (Å²) in [6, 6.07) is 1.25. The Morgan fingerprint density at radius 1 is 1.43 bits per heavy atom. The molecule has 2 aromatic heterocycles. The minimum Gasteiger partial charge on any atom is -0.394 e. The van der Waals surface area contributed by atoms with Crippen LogP contribution in [0.25, 0.3) is 11.0 Å². The number of anilines is 1. The molecule has 0 aliphatic heterocycles. The molecule has 0 spiro atoms. The standard InChI is InChI=1S/C14H18ClFN4O/c1-3-4-5-14(2,8-21)20-12-11-10(18-13(15)19-12)6-9(16)7-17-11/h6-7,21H,3-5,8H2,1-2H3,(H,18,19,20)/t14-/m1/s1. The van der Waals surface area contributed by atoms with Crippen LogP contribution >= 0.6 is 11.6 Å². The zero-order chi connectivity index (χ0) is 15.5. The van der Waals surface area contributed by atoms with Gasteiger partial charge in [0.15, 0.2) is 5.82 Å². The SMILES string of the molecule is CCCC[C@](C)(CO)Nc1nc(Cl)nc2cc(F)cnc12. The van der Waals surface area contributed by atoms with Crippen LogP contribution in [0, 0.1) is 5.82 Å². The molecule has 2 rings (SSSR count). The number of aromatic nitrogens is 3. The molecule has 0 saturated carbocycles. The third-order valence-electron chi connectivity index (χ3n) is 3.33. The van der Waals surface area contributed by atoms with Crippen LogP contribution in [-0.4, -0.2) is 32.2 Å². The van der Waals surface area contributed by atoms with E-state index in [4.69, 9.17) is 11.6 Å². The summed E-state index contributed by atoms with van der Waals surface area (Å²) in [5.74, 6) is -0.0863. The lowest BCUT2D eigenvalue weighted by Crippen LogP contribution is -2.39. The molecule has 0 saturated heterocycles. The van der Waals surface area contributed by atoms with Gasteiger partial charge in [0.25, 0.3) is 0 Å². The molecule has 0 radical (unpaired) electrons. The van der Waals surface area contributed by atoms with Gasteiger partial charge in [-0.25, -0.2) is 14.4 Å². The Hall–Kier alpha value is -1.53. The van der Waals surface area contributed by atoms with E-state index in [-0.39, 0.29) is 11.9 Å². The minimum atomic E-state index is -0.545. The van der Waals surface area contributed by atoms with Gasteiger partial charge in [-0.1, -0.05) is 19.8 Å². The van der Waals surface area contributed by atoms with E-state index in [0.717, 1.165) is 25.5 Å². The third kappa shape index (κ3) is 3.77. The molecule has 0 aliphatic rings. The molecule has 0 aliphatic carbocycles. The summed E-state index contributed by atoms with van der Waals surface area (Å²) >= 11 is 5.88. The third-order valence-corrected chi connectivity index (χ3v) is 3.50. The highest BCUT2D eigenvalue weighted by Gasteiger charge is 2.24. The number of fused-ring (bicyclic) bond motifs is 1. The van der Waals surface area contributed by atoms with Gasteiger partial charge in [0.2, 0.25) is 5.28 Å². The Labute approximate surface area is 127 Å². The molecular weight excluding hydrogens is 295 g/mol. The molecule has 0 amide bonds. The first-order valence-electron chi connectivity index (χ1n) is 6.85. The number of nitrogens with one attached hydrogen (secondary N) is 1.